The van der Waals surface area contributed by atoms with Crippen LogP contribution in [0.1, 0.15) is 37.8 Å². The molecule has 0 unspecified atom stereocenters. The molecule has 0 radical (unpaired) electrons. The minimum absolute atomic E-state index is 0.0574. The first kappa shape index (κ1) is 13.6. The van der Waals surface area contributed by atoms with Crippen molar-refractivity contribution in [3.63, 3.8) is 0 Å². The lowest BCUT2D eigenvalue weighted by molar-refractivity contribution is -0.128. The molecule has 0 aliphatic rings. The van der Waals surface area contributed by atoms with Gasteiger partial charge in [0.1, 0.15) is 5.75 Å². The molecular weight excluding hydrogens is 214 g/mol. The molecule has 94 valence electrons. The number of nitrogens with zero attached hydrogens (tertiary/aromatic N) is 1. The molecule has 0 N–H and O–H groups in total. The molecule has 17 heavy (non-hydrogen) atoms. The zero-order valence-corrected chi connectivity index (χ0v) is 11.3. The molecular formula is C14H21NO2. The Morgan fingerprint density at radius 3 is 2.53 bits per heavy atom. The van der Waals surface area contributed by atoms with Gasteiger partial charge in [-0.05, 0) is 17.5 Å². The van der Waals surface area contributed by atoms with Gasteiger partial charge in [-0.3, -0.25) is 4.79 Å². The van der Waals surface area contributed by atoms with Crippen molar-refractivity contribution < 1.29 is 9.53 Å². The summed E-state index contributed by atoms with van der Waals surface area (Å²) < 4.78 is 5.32. The summed E-state index contributed by atoms with van der Waals surface area (Å²) in [5, 5.41) is 0. The van der Waals surface area contributed by atoms with Gasteiger partial charge in [-0.2, -0.15) is 0 Å². The molecule has 0 aromatic heterocycles. The van der Waals surface area contributed by atoms with Crippen LogP contribution in [0.2, 0.25) is 0 Å². The number of hydrogen-bond donors (Lipinski definition) is 0. The summed E-state index contributed by atoms with van der Waals surface area (Å²) in [6, 6.07) is 6.16. The Bertz CT molecular complexity index is 399. The van der Waals surface area contributed by atoms with E-state index in [4.69, 9.17) is 4.74 Å². The second kappa shape index (κ2) is 5.71. The number of amides is 1. The summed E-state index contributed by atoms with van der Waals surface area (Å²) in [5.41, 5.74) is 2.31. The average molecular weight is 235 g/mol. The van der Waals surface area contributed by atoms with Crippen molar-refractivity contribution in [3.8, 4) is 5.75 Å². The first-order valence-electron chi connectivity index (χ1n) is 5.84. The summed E-state index contributed by atoms with van der Waals surface area (Å²) in [6.45, 7) is 6.46. The van der Waals surface area contributed by atoms with Crippen molar-refractivity contribution in [2.75, 3.05) is 14.2 Å². The monoisotopic (exact) mass is 235 g/mol. The van der Waals surface area contributed by atoms with Gasteiger partial charge in [0.2, 0.25) is 5.91 Å². The highest BCUT2D eigenvalue weighted by atomic mass is 16.5. The molecule has 1 aromatic rings. The zero-order chi connectivity index (χ0) is 13.0. The molecule has 3 nitrogen and oxygen atoms in total. The van der Waals surface area contributed by atoms with Crippen molar-refractivity contribution in [3.05, 3.63) is 29.3 Å². The van der Waals surface area contributed by atoms with E-state index >= 15 is 0 Å². The van der Waals surface area contributed by atoms with Crippen LogP contribution >= 0.6 is 0 Å². The molecule has 0 saturated heterocycles. The van der Waals surface area contributed by atoms with Crippen LogP contribution in [0.5, 0.6) is 5.75 Å². The zero-order valence-electron chi connectivity index (χ0n) is 11.3. The van der Waals surface area contributed by atoms with E-state index in [1.165, 1.54) is 5.56 Å². The lowest BCUT2D eigenvalue weighted by Gasteiger charge is -2.18. The van der Waals surface area contributed by atoms with Crippen LogP contribution in [0, 0.1) is 0 Å². The topological polar surface area (TPSA) is 29.5 Å². The Kier molecular flexibility index (Phi) is 4.55. The number of benzene rings is 1. The predicted octanol–water partition coefficient (Wildman–Crippen LogP) is 2.80. The van der Waals surface area contributed by atoms with E-state index in [2.05, 4.69) is 26.0 Å². The first-order chi connectivity index (χ1) is 7.95. The van der Waals surface area contributed by atoms with E-state index in [-0.39, 0.29) is 5.91 Å². The summed E-state index contributed by atoms with van der Waals surface area (Å²) in [6.07, 6.45) is 0. The molecule has 0 saturated carbocycles. The largest absolute Gasteiger partial charge is 0.496 e. The van der Waals surface area contributed by atoms with Gasteiger partial charge in [-0.15, -0.1) is 0 Å². The maximum atomic E-state index is 11.3. The van der Waals surface area contributed by atoms with Gasteiger partial charge in [0.05, 0.1) is 7.11 Å². The van der Waals surface area contributed by atoms with Gasteiger partial charge in [0, 0.05) is 26.1 Å². The molecule has 0 heterocycles. The van der Waals surface area contributed by atoms with Crippen molar-refractivity contribution in [1.29, 1.82) is 0 Å². The van der Waals surface area contributed by atoms with Crippen LogP contribution in [0.25, 0.3) is 0 Å². The number of methoxy groups -OCH3 is 1. The first-order valence-corrected chi connectivity index (χ1v) is 5.84. The number of hydrogen-bond acceptors (Lipinski definition) is 2. The molecule has 1 rings (SSSR count). The van der Waals surface area contributed by atoms with Crippen LogP contribution in [0.3, 0.4) is 0 Å². The molecule has 0 aliphatic carbocycles. The highest BCUT2D eigenvalue weighted by Gasteiger charge is 2.10. The molecule has 0 atom stereocenters. The number of carbonyl (C=O) groups excluding carboxylic acids is 1. The fourth-order valence-electron chi connectivity index (χ4n) is 1.65. The predicted molar refractivity (Wildman–Crippen MR) is 69.2 cm³/mol. The minimum Gasteiger partial charge on any atom is -0.496 e. The van der Waals surface area contributed by atoms with Crippen molar-refractivity contribution >= 4 is 5.91 Å². The Labute approximate surface area is 103 Å². The van der Waals surface area contributed by atoms with E-state index in [1.54, 1.807) is 26.0 Å². The summed E-state index contributed by atoms with van der Waals surface area (Å²) in [5.74, 6) is 1.37. The van der Waals surface area contributed by atoms with Gasteiger partial charge in [0.25, 0.3) is 0 Å². The van der Waals surface area contributed by atoms with Gasteiger partial charge >= 0.3 is 0 Å². The normalized spacial score (nSPS) is 10.5. The highest BCUT2D eigenvalue weighted by Crippen LogP contribution is 2.25. The minimum atomic E-state index is 0.0574. The summed E-state index contributed by atoms with van der Waals surface area (Å²) in [4.78, 5) is 12.9. The molecule has 0 fully saturated rings. The Balaban J connectivity index is 3.01. The molecule has 0 spiro atoms. The van der Waals surface area contributed by atoms with Crippen LogP contribution in [0.15, 0.2) is 18.2 Å². The standard InChI is InChI=1S/C14H21NO2/c1-10(2)12-6-7-14(17-5)13(8-12)9-15(4)11(3)16/h6-8,10H,9H2,1-5H3. The van der Waals surface area contributed by atoms with E-state index in [1.807, 2.05) is 6.07 Å². The number of ether oxygens (including phenoxy) is 1. The van der Waals surface area contributed by atoms with E-state index < -0.39 is 0 Å². The Morgan fingerprint density at radius 1 is 1.41 bits per heavy atom. The molecule has 0 bridgehead atoms. The van der Waals surface area contributed by atoms with Crippen LogP contribution in [-0.2, 0) is 11.3 Å². The molecule has 3 heteroatoms. The maximum absolute atomic E-state index is 11.3. The highest BCUT2D eigenvalue weighted by molar-refractivity contribution is 5.72. The van der Waals surface area contributed by atoms with E-state index in [9.17, 15) is 4.79 Å². The van der Waals surface area contributed by atoms with Gasteiger partial charge in [-0.25, -0.2) is 0 Å². The third-order valence-electron chi connectivity index (χ3n) is 2.92. The third-order valence-corrected chi connectivity index (χ3v) is 2.92. The quantitative estimate of drug-likeness (QED) is 0.803. The third kappa shape index (κ3) is 3.48. The van der Waals surface area contributed by atoms with Crippen molar-refractivity contribution in [2.45, 2.75) is 33.2 Å². The van der Waals surface area contributed by atoms with E-state index in [0.29, 0.717) is 12.5 Å². The fourth-order valence-corrected chi connectivity index (χ4v) is 1.65. The smallest absolute Gasteiger partial charge is 0.219 e. The van der Waals surface area contributed by atoms with Gasteiger partial charge in [-0.1, -0.05) is 26.0 Å². The van der Waals surface area contributed by atoms with Crippen LogP contribution in [0.4, 0.5) is 0 Å². The van der Waals surface area contributed by atoms with E-state index in [0.717, 1.165) is 11.3 Å². The van der Waals surface area contributed by atoms with Crippen LogP contribution in [-0.4, -0.2) is 25.0 Å². The summed E-state index contributed by atoms with van der Waals surface area (Å²) in [7, 11) is 3.45. The Morgan fingerprint density at radius 2 is 2.06 bits per heavy atom. The SMILES string of the molecule is COc1ccc(C(C)C)cc1CN(C)C(C)=O. The second-order valence-electron chi connectivity index (χ2n) is 4.60. The lowest BCUT2D eigenvalue weighted by atomic mass is 10.00. The fraction of sp³-hybridized carbons (Fsp3) is 0.500. The summed E-state index contributed by atoms with van der Waals surface area (Å²) >= 11 is 0. The Hall–Kier alpha value is -1.51. The lowest BCUT2D eigenvalue weighted by Crippen LogP contribution is -2.23. The molecule has 1 amide bonds. The van der Waals surface area contributed by atoms with Crippen molar-refractivity contribution in [2.24, 2.45) is 0 Å². The molecule has 0 aliphatic heterocycles. The number of carbonyl (C=O) groups is 1. The van der Waals surface area contributed by atoms with Crippen LogP contribution < -0.4 is 4.74 Å². The van der Waals surface area contributed by atoms with Gasteiger partial charge < -0.3 is 9.64 Å². The van der Waals surface area contributed by atoms with Gasteiger partial charge in [0.15, 0.2) is 0 Å². The maximum Gasteiger partial charge on any atom is 0.219 e. The number of rotatable bonds is 4. The molecule has 1 aromatic carbocycles. The average Bonchev–Trinajstić information content (AvgIpc) is 2.28. The second-order valence-corrected chi connectivity index (χ2v) is 4.60. The van der Waals surface area contributed by atoms with Crippen molar-refractivity contribution in [1.82, 2.24) is 4.90 Å².